The smallest absolute Gasteiger partial charge is 0.263 e. The van der Waals surface area contributed by atoms with E-state index in [1.54, 1.807) is 13.2 Å². The lowest BCUT2D eigenvalue weighted by Gasteiger charge is -2.13. The number of methoxy groups -OCH3 is 1. The lowest BCUT2D eigenvalue weighted by molar-refractivity contribution is -0.115. The molecule has 2 aromatic rings. The molecular weight excluding hydrogens is 418 g/mol. The van der Waals surface area contributed by atoms with Crippen molar-refractivity contribution in [3.8, 4) is 17.2 Å². The Balaban J connectivity index is 1.54. The van der Waals surface area contributed by atoms with E-state index in [9.17, 15) is 4.79 Å². The van der Waals surface area contributed by atoms with Gasteiger partial charge in [0.05, 0.1) is 12.0 Å². The van der Waals surface area contributed by atoms with E-state index in [-0.39, 0.29) is 5.91 Å². The lowest BCUT2D eigenvalue weighted by Crippen LogP contribution is -2.17. The van der Waals surface area contributed by atoms with Gasteiger partial charge in [-0.1, -0.05) is 56.0 Å². The maximum absolute atomic E-state index is 11.8. The van der Waals surface area contributed by atoms with Crippen LogP contribution in [-0.4, -0.2) is 30.6 Å². The average molecular weight is 444 g/mol. The van der Waals surface area contributed by atoms with E-state index in [2.05, 4.69) is 31.3 Å². The van der Waals surface area contributed by atoms with Gasteiger partial charge in [0.25, 0.3) is 5.91 Å². The third-order valence-electron chi connectivity index (χ3n) is 4.80. The summed E-state index contributed by atoms with van der Waals surface area (Å²) in [5.74, 6) is 2.40. The highest BCUT2D eigenvalue weighted by atomic mass is 32.2. The van der Waals surface area contributed by atoms with Crippen molar-refractivity contribution < 1.29 is 19.0 Å². The summed E-state index contributed by atoms with van der Waals surface area (Å²) in [6, 6.07) is 13.7. The number of hydrogen-bond acceptors (Lipinski definition) is 6. The molecule has 1 heterocycles. The van der Waals surface area contributed by atoms with E-state index in [0.717, 1.165) is 17.7 Å². The first-order valence-corrected chi connectivity index (χ1v) is 11.0. The zero-order chi connectivity index (χ0) is 21.5. The molecule has 1 N–H and O–H groups in total. The highest BCUT2D eigenvalue weighted by Gasteiger charge is 2.22. The molecule has 1 atom stereocenters. The zero-order valence-electron chi connectivity index (χ0n) is 17.3. The molecule has 7 heteroatoms. The van der Waals surface area contributed by atoms with Gasteiger partial charge in [-0.3, -0.25) is 4.79 Å². The molecule has 0 unspecified atom stereocenters. The second-order valence-corrected chi connectivity index (χ2v) is 8.56. The number of rotatable bonds is 9. The van der Waals surface area contributed by atoms with Crippen LogP contribution in [0.15, 0.2) is 47.4 Å². The summed E-state index contributed by atoms with van der Waals surface area (Å²) in [7, 11) is 1.58. The Morgan fingerprint density at radius 2 is 1.83 bits per heavy atom. The minimum Gasteiger partial charge on any atom is -0.493 e. The Morgan fingerprint density at radius 1 is 1.10 bits per heavy atom. The summed E-state index contributed by atoms with van der Waals surface area (Å²) in [6.07, 6.45) is 2.89. The minimum atomic E-state index is -0.182. The van der Waals surface area contributed by atoms with Gasteiger partial charge in [-0.15, -0.1) is 0 Å². The van der Waals surface area contributed by atoms with Crippen molar-refractivity contribution in [1.29, 1.82) is 0 Å². The Kier molecular flexibility index (Phi) is 7.76. The Hall–Kier alpha value is -2.51. The molecule has 158 valence electrons. The molecule has 0 bridgehead atoms. The molecular formula is C23H25NO4S2. The fourth-order valence-corrected chi connectivity index (χ4v) is 3.95. The number of ether oxygens (including phenoxy) is 3. The number of thiocarbonyl (C=S) groups is 1. The van der Waals surface area contributed by atoms with Crippen LogP contribution in [0.4, 0.5) is 0 Å². The van der Waals surface area contributed by atoms with Crippen LogP contribution < -0.4 is 19.5 Å². The van der Waals surface area contributed by atoms with E-state index in [0.29, 0.717) is 39.9 Å². The van der Waals surface area contributed by atoms with Gasteiger partial charge in [-0.05, 0) is 53.8 Å². The van der Waals surface area contributed by atoms with Crippen molar-refractivity contribution in [1.82, 2.24) is 5.32 Å². The lowest BCUT2D eigenvalue weighted by atomic mass is 9.99. The molecule has 1 fully saturated rings. The van der Waals surface area contributed by atoms with E-state index in [1.807, 2.05) is 30.3 Å². The van der Waals surface area contributed by atoms with Crippen LogP contribution in [0.5, 0.6) is 17.2 Å². The number of thioether (sulfide) groups is 1. The van der Waals surface area contributed by atoms with Crippen LogP contribution in [0.2, 0.25) is 0 Å². The standard InChI is InChI=1S/C23H25NO4S2/c1-4-15(2)17-6-8-18(9-7-17)27-11-12-28-19-10-5-16(13-20(19)26-3)14-21-22(25)24-23(29)30-21/h5-10,13-15H,4,11-12H2,1-3H3,(H,24,25,29)/b21-14+/t15-/m0/s1. The summed E-state index contributed by atoms with van der Waals surface area (Å²) in [4.78, 5) is 12.4. The van der Waals surface area contributed by atoms with Crippen LogP contribution >= 0.6 is 24.0 Å². The molecule has 1 amide bonds. The van der Waals surface area contributed by atoms with Gasteiger partial charge >= 0.3 is 0 Å². The normalized spacial score (nSPS) is 15.8. The number of carbonyl (C=O) groups excluding carboxylic acids is 1. The first-order valence-electron chi connectivity index (χ1n) is 9.78. The van der Waals surface area contributed by atoms with Gasteiger partial charge < -0.3 is 19.5 Å². The highest BCUT2D eigenvalue weighted by molar-refractivity contribution is 8.26. The van der Waals surface area contributed by atoms with E-state index in [1.165, 1.54) is 17.3 Å². The quantitative estimate of drug-likeness (QED) is 0.328. The zero-order valence-corrected chi connectivity index (χ0v) is 18.9. The van der Waals surface area contributed by atoms with Gasteiger partial charge in [0.15, 0.2) is 11.5 Å². The van der Waals surface area contributed by atoms with Crippen LogP contribution in [-0.2, 0) is 4.79 Å². The molecule has 0 radical (unpaired) electrons. The third-order valence-corrected chi connectivity index (χ3v) is 5.96. The van der Waals surface area contributed by atoms with E-state index < -0.39 is 0 Å². The summed E-state index contributed by atoms with van der Waals surface area (Å²) < 4.78 is 17.5. The van der Waals surface area contributed by atoms with Crippen LogP contribution in [0.25, 0.3) is 6.08 Å². The molecule has 1 aliphatic heterocycles. The molecule has 0 aromatic heterocycles. The van der Waals surface area contributed by atoms with Crippen LogP contribution in [0.3, 0.4) is 0 Å². The SMILES string of the molecule is CC[C@H](C)c1ccc(OCCOc2ccc(/C=C3/SC(=S)NC3=O)cc2OC)cc1. The van der Waals surface area contributed by atoms with E-state index in [4.69, 9.17) is 26.4 Å². The maximum Gasteiger partial charge on any atom is 0.263 e. The predicted octanol–water partition coefficient (Wildman–Crippen LogP) is 5.16. The second-order valence-electron chi connectivity index (χ2n) is 6.84. The first kappa shape index (κ1) is 22.2. The number of hydrogen-bond donors (Lipinski definition) is 1. The van der Waals surface area contributed by atoms with Gasteiger partial charge in [0.2, 0.25) is 0 Å². The van der Waals surface area contributed by atoms with Crippen molar-refractivity contribution in [3.05, 3.63) is 58.5 Å². The number of benzene rings is 2. The second kappa shape index (κ2) is 10.5. The number of amides is 1. The topological polar surface area (TPSA) is 56.8 Å². The van der Waals surface area contributed by atoms with Crippen molar-refractivity contribution in [2.75, 3.05) is 20.3 Å². The first-order chi connectivity index (χ1) is 14.5. The summed E-state index contributed by atoms with van der Waals surface area (Å²) in [5.41, 5.74) is 2.15. The summed E-state index contributed by atoms with van der Waals surface area (Å²) in [5, 5.41) is 2.60. The highest BCUT2D eigenvalue weighted by Crippen LogP contribution is 2.31. The van der Waals surface area contributed by atoms with Crippen molar-refractivity contribution >= 4 is 40.3 Å². The third kappa shape index (κ3) is 5.77. The van der Waals surface area contributed by atoms with Gasteiger partial charge in [-0.25, -0.2) is 0 Å². The molecule has 0 saturated carbocycles. The molecule has 1 aliphatic rings. The predicted molar refractivity (Wildman–Crippen MR) is 125 cm³/mol. The van der Waals surface area contributed by atoms with Crippen molar-refractivity contribution in [3.63, 3.8) is 0 Å². The monoisotopic (exact) mass is 443 g/mol. The molecule has 30 heavy (non-hydrogen) atoms. The van der Waals surface area contributed by atoms with E-state index >= 15 is 0 Å². The molecule has 2 aromatic carbocycles. The van der Waals surface area contributed by atoms with Crippen molar-refractivity contribution in [2.45, 2.75) is 26.2 Å². The summed E-state index contributed by atoms with van der Waals surface area (Å²) >= 11 is 6.26. The van der Waals surface area contributed by atoms with Gasteiger partial charge in [0.1, 0.15) is 23.3 Å². The largest absolute Gasteiger partial charge is 0.493 e. The molecule has 0 spiro atoms. The van der Waals surface area contributed by atoms with Gasteiger partial charge in [0, 0.05) is 0 Å². The average Bonchev–Trinajstić information content (AvgIpc) is 3.08. The molecule has 3 rings (SSSR count). The Morgan fingerprint density at radius 3 is 2.47 bits per heavy atom. The van der Waals surface area contributed by atoms with Crippen LogP contribution in [0.1, 0.15) is 37.3 Å². The fraction of sp³-hybridized carbons (Fsp3) is 0.304. The maximum atomic E-state index is 11.8. The Bertz CT molecular complexity index is 941. The summed E-state index contributed by atoms with van der Waals surface area (Å²) in [6.45, 7) is 5.21. The number of carbonyl (C=O) groups is 1. The Labute approximate surface area is 186 Å². The molecule has 1 saturated heterocycles. The number of nitrogens with one attached hydrogen (secondary N) is 1. The van der Waals surface area contributed by atoms with Crippen LogP contribution in [0, 0.1) is 0 Å². The van der Waals surface area contributed by atoms with Crippen molar-refractivity contribution in [2.24, 2.45) is 0 Å². The minimum absolute atomic E-state index is 0.182. The fourth-order valence-electron chi connectivity index (χ4n) is 2.91. The van der Waals surface area contributed by atoms with Gasteiger partial charge in [-0.2, -0.15) is 0 Å². The molecule has 0 aliphatic carbocycles. The molecule has 5 nitrogen and oxygen atoms in total.